The number of nitrogens with zero attached hydrogens (tertiary/aromatic N) is 1. The minimum Gasteiger partial charge on any atom is -0.273 e. The standard InChI is InChI=1S/C5H10ClF2NO3S/c1-4(2-7)5(8)9(3-6)13(10,11)12/h4-5H,2-3H2,1H3,(H,10,11,12). The van der Waals surface area contributed by atoms with Crippen LogP contribution < -0.4 is 0 Å². The molecule has 0 spiro atoms. The first kappa shape index (κ1) is 13.0. The summed E-state index contributed by atoms with van der Waals surface area (Å²) in [5, 5.41) is 0. The molecule has 0 rings (SSSR count). The lowest BCUT2D eigenvalue weighted by Crippen LogP contribution is -2.40. The minimum absolute atomic E-state index is 0.0290. The Kier molecular flexibility index (Phi) is 5.05. The number of halogens is 3. The van der Waals surface area contributed by atoms with Gasteiger partial charge in [0.15, 0.2) is 6.30 Å². The van der Waals surface area contributed by atoms with Crippen molar-refractivity contribution >= 4 is 21.9 Å². The molecule has 0 saturated carbocycles. The van der Waals surface area contributed by atoms with Crippen LogP contribution in [-0.2, 0) is 10.3 Å². The summed E-state index contributed by atoms with van der Waals surface area (Å²) in [6.45, 7) is 0.124. The maximum absolute atomic E-state index is 13.0. The van der Waals surface area contributed by atoms with Crippen LogP contribution in [0.5, 0.6) is 0 Å². The van der Waals surface area contributed by atoms with Crippen LogP contribution in [0.4, 0.5) is 8.78 Å². The maximum atomic E-state index is 13.0. The van der Waals surface area contributed by atoms with E-state index in [0.717, 1.165) is 6.92 Å². The van der Waals surface area contributed by atoms with Gasteiger partial charge in [0.25, 0.3) is 0 Å². The smallest absolute Gasteiger partial charge is 0.273 e. The fourth-order valence-corrected chi connectivity index (χ4v) is 1.70. The van der Waals surface area contributed by atoms with E-state index in [1.807, 2.05) is 0 Å². The summed E-state index contributed by atoms with van der Waals surface area (Å²) in [4.78, 5) is 0. The Morgan fingerprint density at radius 1 is 1.62 bits per heavy atom. The molecule has 13 heavy (non-hydrogen) atoms. The molecule has 0 radical (unpaired) electrons. The van der Waals surface area contributed by atoms with E-state index in [1.165, 1.54) is 0 Å². The van der Waals surface area contributed by atoms with Crippen LogP contribution in [-0.4, -0.2) is 36.2 Å². The summed E-state index contributed by atoms with van der Waals surface area (Å²) in [6.07, 6.45) is -2.16. The van der Waals surface area contributed by atoms with Crippen LogP contribution in [0, 0.1) is 5.92 Å². The van der Waals surface area contributed by atoms with Gasteiger partial charge >= 0.3 is 10.3 Å². The van der Waals surface area contributed by atoms with Gasteiger partial charge in [0, 0.05) is 5.92 Å². The van der Waals surface area contributed by atoms with Gasteiger partial charge < -0.3 is 0 Å². The van der Waals surface area contributed by atoms with Crippen molar-refractivity contribution in [1.82, 2.24) is 4.31 Å². The van der Waals surface area contributed by atoms with Gasteiger partial charge in [-0.05, 0) is 0 Å². The highest BCUT2D eigenvalue weighted by molar-refractivity contribution is 7.83. The molecular weight excluding hydrogens is 228 g/mol. The van der Waals surface area contributed by atoms with Gasteiger partial charge in [-0.3, -0.25) is 8.94 Å². The normalized spacial score (nSPS) is 17.4. The van der Waals surface area contributed by atoms with Crippen molar-refractivity contribution in [3.8, 4) is 0 Å². The second-order valence-electron chi connectivity index (χ2n) is 2.49. The van der Waals surface area contributed by atoms with Crippen LogP contribution in [0.25, 0.3) is 0 Å². The molecule has 0 aromatic carbocycles. The molecule has 0 amide bonds. The maximum Gasteiger partial charge on any atom is 0.339 e. The van der Waals surface area contributed by atoms with Gasteiger partial charge in [-0.2, -0.15) is 8.42 Å². The van der Waals surface area contributed by atoms with Gasteiger partial charge in [0.1, 0.15) is 0 Å². The highest BCUT2D eigenvalue weighted by atomic mass is 35.5. The summed E-state index contributed by atoms with van der Waals surface area (Å²) >= 11 is 5.07. The number of alkyl halides is 3. The van der Waals surface area contributed by atoms with Crippen molar-refractivity contribution in [2.75, 3.05) is 12.7 Å². The van der Waals surface area contributed by atoms with Crippen LogP contribution in [0.2, 0.25) is 0 Å². The Morgan fingerprint density at radius 3 is 2.31 bits per heavy atom. The molecule has 0 aliphatic carbocycles. The van der Waals surface area contributed by atoms with E-state index >= 15 is 0 Å². The zero-order chi connectivity index (χ0) is 10.6. The van der Waals surface area contributed by atoms with Crippen molar-refractivity contribution in [1.29, 1.82) is 0 Å². The van der Waals surface area contributed by atoms with Gasteiger partial charge in [0.05, 0.1) is 12.7 Å². The third-order valence-electron chi connectivity index (χ3n) is 1.40. The van der Waals surface area contributed by atoms with Crippen LogP contribution in [0.3, 0.4) is 0 Å². The summed E-state index contributed by atoms with van der Waals surface area (Å²) in [6, 6.07) is -0.760. The molecular formula is C5H10ClF2NO3S. The highest BCUT2D eigenvalue weighted by Crippen LogP contribution is 2.16. The Morgan fingerprint density at radius 2 is 2.08 bits per heavy atom. The summed E-state index contributed by atoms with van der Waals surface area (Å²) in [7, 11) is -4.71. The monoisotopic (exact) mass is 237 g/mol. The van der Waals surface area contributed by atoms with Crippen LogP contribution >= 0.6 is 11.6 Å². The topological polar surface area (TPSA) is 57.6 Å². The summed E-state index contributed by atoms with van der Waals surface area (Å²) < 4.78 is 54.3. The lowest BCUT2D eigenvalue weighted by molar-refractivity contribution is 0.0959. The number of hydrogen-bond donors (Lipinski definition) is 1. The third-order valence-corrected chi connectivity index (χ3v) is 2.72. The minimum atomic E-state index is -4.71. The van der Waals surface area contributed by atoms with Gasteiger partial charge in [-0.1, -0.05) is 6.92 Å². The second kappa shape index (κ2) is 5.04. The molecule has 4 nitrogen and oxygen atoms in total. The molecule has 0 bridgehead atoms. The zero-order valence-corrected chi connectivity index (χ0v) is 8.39. The molecule has 0 aromatic heterocycles. The Balaban J connectivity index is 4.60. The van der Waals surface area contributed by atoms with E-state index < -0.39 is 35.2 Å². The van der Waals surface area contributed by atoms with E-state index in [2.05, 4.69) is 0 Å². The van der Waals surface area contributed by atoms with Crippen LogP contribution in [0.1, 0.15) is 6.92 Å². The first-order chi connectivity index (χ1) is 5.84. The third kappa shape index (κ3) is 3.72. The molecule has 2 atom stereocenters. The molecule has 0 fully saturated rings. The van der Waals surface area contributed by atoms with Crippen molar-refractivity contribution in [2.24, 2.45) is 5.92 Å². The Bertz CT molecular complexity index is 248. The molecule has 8 heteroatoms. The van der Waals surface area contributed by atoms with E-state index in [-0.39, 0.29) is 4.31 Å². The van der Waals surface area contributed by atoms with E-state index in [9.17, 15) is 17.2 Å². The van der Waals surface area contributed by atoms with Crippen molar-refractivity contribution in [3.63, 3.8) is 0 Å². The largest absolute Gasteiger partial charge is 0.339 e. The summed E-state index contributed by atoms with van der Waals surface area (Å²) in [5.41, 5.74) is 0. The van der Waals surface area contributed by atoms with Crippen molar-refractivity contribution in [3.05, 3.63) is 0 Å². The molecule has 1 N–H and O–H groups in total. The van der Waals surface area contributed by atoms with Gasteiger partial charge in [0.2, 0.25) is 0 Å². The average molecular weight is 238 g/mol. The first-order valence-corrected chi connectivity index (χ1v) is 5.28. The van der Waals surface area contributed by atoms with Crippen molar-refractivity contribution in [2.45, 2.75) is 13.2 Å². The predicted octanol–water partition coefficient (Wildman–Crippen LogP) is 1.19. The van der Waals surface area contributed by atoms with Gasteiger partial charge in [-0.25, -0.2) is 4.39 Å². The lowest BCUT2D eigenvalue weighted by atomic mass is 10.2. The quantitative estimate of drug-likeness (QED) is 0.444. The molecule has 0 aliphatic heterocycles. The molecule has 0 heterocycles. The lowest BCUT2D eigenvalue weighted by Gasteiger charge is -2.22. The van der Waals surface area contributed by atoms with E-state index in [0.29, 0.717) is 0 Å². The molecule has 0 saturated heterocycles. The van der Waals surface area contributed by atoms with Crippen molar-refractivity contribution < 1.29 is 21.8 Å². The molecule has 80 valence electrons. The average Bonchev–Trinajstić information content (AvgIpc) is 2.01. The number of rotatable bonds is 5. The second-order valence-corrected chi connectivity index (χ2v) is 4.09. The SMILES string of the molecule is CC(CF)C(F)N(CCl)S(=O)(=O)O. The fourth-order valence-electron chi connectivity index (χ4n) is 0.612. The van der Waals surface area contributed by atoms with Gasteiger partial charge in [-0.15, -0.1) is 15.9 Å². The predicted molar refractivity (Wildman–Crippen MR) is 44.1 cm³/mol. The molecule has 0 aliphatic rings. The Labute approximate surface area is 80.4 Å². The first-order valence-electron chi connectivity index (χ1n) is 3.34. The van der Waals surface area contributed by atoms with E-state index in [4.69, 9.17) is 16.2 Å². The highest BCUT2D eigenvalue weighted by Gasteiger charge is 2.31. The summed E-state index contributed by atoms with van der Waals surface area (Å²) in [5.74, 6) is -1.17. The Hall–Kier alpha value is 0.0200. The van der Waals surface area contributed by atoms with E-state index in [1.54, 1.807) is 0 Å². The fraction of sp³-hybridized carbons (Fsp3) is 1.00. The van der Waals surface area contributed by atoms with Crippen LogP contribution in [0.15, 0.2) is 0 Å². The zero-order valence-electron chi connectivity index (χ0n) is 6.82. The number of hydrogen-bond acceptors (Lipinski definition) is 2. The molecule has 0 aromatic rings. The molecule has 2 unspecified atom stereocenters.